The van der Waals surface area contributed by atoms with Crippen molar-refractivity contribution in [2.75, 3.05) is 12.8 Å². The number of aryl methyl sites for hydroxylation is 1. The van der Waals surface area contributed by atoms with Gasteiger partial charge in [0.25, 0.3) is 5.91 Å². The number of fused-ring (bicyclic) bond motifs is 5. The normalized spacial score (nSPS) is 30.0. The number of amides is 2. The molecule has 5 heterocycles. The third-order valence-corrected chi connectivity index (χ3v) is 11.8. The Morgan fingerprint density at radius 2 is 1.98 bits per heavy atom. The Labute approximate surface area is 253 Å². The zero-order valence-corrected chi connectivity index (χ0v) is 25.2. The number of pyridine rings is 1. The summed E-state index contributed by atoms with van der Waals surface area (Å²) in [6.45, 7) is 0.418. The van der Waals surface area contributed by atoms with E-state index in [0.717, 1.165) is 35.9 Å². The van der Waals surface area contributed by atoms with Gasteiger partial charge in [0.2, 0.25) is 0 Å². The Morgan fingerprint density at radius 1 is 1.21 bits per heavy atom. The van der Waals surface area contributed by atoms with Gasteiger partial charge in [0.15, 0.2) is 11.5 Å². The van der Waals surface area contributed by atoms with E-state index < -0.39 is 23.5 Å². The van der Waals surface area contributed by atoms with E-state index in [1.807, 2.05) is 18.4 Å². The molecular formula is C30H28BrF2N5O3S. The van der Waals surface area contributed by atoms with Crippen LogP contribution in [-0.4, -0.2) is 67.0 Å². The molecule has 6 aliphatic rings. The van der Waals surface area contributed by atoms with Crippen molar-refractivity contribution in [3.63, 3.8) is 0 Å². The number of nitrogens with zero attached hydrogens (tertiary/aromatic N) is 5. The molecule has 218 valence electrons. The van der Waals surface area contributed by atoms with Gasteiger partial charge in [0.05, 0.1) is 34.2 Å². The van der Waals surface area contributed by atoms with Gasteiger partial charge in [0, 0.05) is 41.4 Å². The van der Waals surface area contributed by atoms with Crippen molar-refractivity contribution in [1.29, 1.82) is 5.26 Å². The van der Waals surface area contributed by atoms with E-state index in [-0.39, 0.29) is 59.3 Å². The lowest BCUT2D eigenvalue weighted by Gasteiger charge is -2.40. The van der Waals surface area contributed by atoms with Crippen LogP contribution in [0.15, 0.2) is 21.6 Å². The van der Waals surface area contributed by atoms with Crippen LogP contribution in [0.3, 0.4) is 0 Å². The molecule has 6 fully saturated rings. The van der Waals surface area contributed by atoms with Crippen LogP contribution < -0.4 is 0 Å². The summed E-state index contributed by atoms with van der Waals surface area (Å²) in [5.41, 5.74) is 0.700. The molecule has 2 bridgehead atoms. The van der Waals surface area contributed by atoms with Crippen molar-refractivity contribution in [1.82, 2.24) is 19.4 Å². The average molecular weight is 657 g/mol. The summed E-state index contributed by atoms with van der Waals surface area (Å²) in [6, 6.07) is 5.33. The number of carbonyl (C=O) groups excluding carboxylic acids is 1. The third-order valence-electron chi connectivity index (χ3n) is 10.3. The van der Waals surface area contributed by atoms with Crippen LogP contribution in [-0.2, 0) is 11.2 Å². The van der Waals surface area contributed by atoms with E-state index in [0.29, 0.717) is 34.9 Å². The molecule has 6 atom stereocenters. The minimum absolute atomic E-state index is 0.0247. The van der Waals surface area contributed by atoms with Crippen molar-refractivity contribution >= 4 is 61.5 Å². The standard InChI is InChI=1S/C30H28BrF2N5O3S/c1-42-27-17-11-20(19-9-14-8-18(14)37(19)28(39)30(33)4-5-30)38(25-15-10-21(25)36(12-15)29(40)41)26(17)16-7-13(3-2-6-34)22(31)23(32)24(16)35-27/h7,11,14-15,18-19,21,25H,2-5,8-10,12H2,1H3,(H,40,41)/t14-,15-,18-,19-,21-,25+/m1/s1. The third kappa shape index (κ3) is 3.58. The smallest absolute Gasteiger partial charge is 0.407 e. The highest BCUT2D eigenvalue weighted by Crippen LogP contribution is 2.59. The zero-order chi connectivity index (χ0) is 29.2. The van der Waals surface area contributed by atoms with Crippen LogP contribution in [0.1, 0.15) is 61.9 Å². The maximum atomic E-state index is 16.0. The predicted octanol–water partition coefficient (Wildman–Crippen LogP) is 6.36. The number of carboxylic acid groups (broad SMARTS) is 1. The van der Waals surface area contributed by atoms with Crippen LogP contribution in [0.25, 0.3) is 21.8 Å². The molecule has 0 radical (unpaired) electrons. The van der Waals surface area contributed by atoms with Gasteiger partial charge >= 0.3 is 6.09 Å². The largest absolute Gasteiger partial charge is 0.465 e. The summed E-state index contributed by atoms with van der Waals surface area (Å²) in [7, 11) is 0. The fraction of sp³-hybridized carbons (Fsp3) is 0.533. The summed E-state index contributed by atoms with van der Waals surface area (Å²) >= 11 is 4.80. The fourth-order valence-corrected chi connectivity index (χ4v) is 9.03. The topological polar surface area (TPSA) is 102 Å². The maximum absolute atomic E-state index is 16.0. The Kier molecular flexibility index (Phi) is 5.75. The SMILES string of the molecule is CSc1nc2c(F)c(Br)c(CCC#N)cc2c2c1cc([C@H]1C[C@H]3C[C@H]3N1C(=O)C1(F)CC1)n2[C@H]1[C@@H]2C[C@H]1N(C(=O)O)C2. The quantitative estimate of drug-likeness (QED) is 0.310. The molecule has 2 aromatic heterocycles. The van der Waals surface area contributed by atoms with Gasteiger partial charge in [-0.05, 0) is 84.3 Å². The summed E-state index contributed by atoms with van der Waals surface area (Å²) < 4.78 is 33.7. The number of nitriles is 1. The van der Waals surface area contributed by atoms with Crippen molar-refractivity contribution in [2.45, 2.75) is 79.8 Å². The molecule has 8 nitrogen and oxygen atoms in total. The number of benzene rings is 1. The molecule has 42 heavy (non-hydrogen) atoms. The summed E-state index contributed by atoms with van der Waals surface area (Å²) in [5, 5.41) is 21.2. The van der Waals surface area contributed by atoms with Crippen LogP contribution in [0.2, 0.25) is 0 Å². The molecular weight excluding hydrogens is 628 g/mol. The number of piperidine rings is 1. The number of likely N-dealkylation sites (tertiary alicyclic amines) is 1. The van der Waals surface area contributed by atoms with Gasteiger partial charge in [0.1, 0.15) is 10.5 Å². The van der Waals surface area contributed by atoms with Crippen molar-refractivity contribution in [2.24, 2.45) is 11.8 Å². The minimum Gasteiger partial charge on any atom is -0.465 e. The molecule has 3 aliphatic heterocycles. The second-order valence-electron chi connectivity index (χ2n) is 12.5. The zero-order valence-electron chi connectivity index (χ0n) is 22.8. The molecule has 12 heteroatoms. The second kappa shape index (κ2) is 9.05. The van der Waals surface area contributed by atoms with Gasteiger partial charge in [-0.25, -0.2) is 18.6 Å². The van der Waals surface area contributed by atoms with Crippen LogP contribution in [0.4, 0.5) is 13.6 Å². The van der Waals surface area contributed by atoms with E-state index in [1.54, 1.807) is 4.90 Å². The van der Waals surface area contributed by atoms with Gasteiger partial charge in [-0.15, -0.1) is 11.8 Å². The number of carbonyl (C=O) groups is 2. The predicted molar refractivity (Wildman–Crippen MR) is 155 cm³/mol. The van der Waals surface area contributed by atoms with Gasteiger partial charge < -0.3 is 19.5 Å². The van der Waals surface area contributed by atoms with Gasteiger partial charge in [-0.3, -0.25) is 4.79 Å². The Bertz CT molecular complexity index is 1770. The molecule has 3 saturated carbocycles. The first-order valence-corrected chi connectivity index (χ1v) is 16.5. The highest BCUT2D eigenvalue weighted by molar-refractivity contribution is 9.10. The number of hydrogen-bond donors (Lipinski definition) is 1. The Balaban J connectivity index is 1.40. The summed E-state index contributed by atoms with van der Waals surface area (Å²) in [5.74, 6) is -0.527. The number of thioether (sulfide) groups is 1. The number of alkyl halides is 1. The highest BCUT2D eigenvalue weighted by Gasteiger charge is 2.63. The first-order valence-electron chi connectivity index (χ1n) is 14.4. The van der Waals surface area contributed by atoms with E-state index in [1.165, 1.54) is 16.7 Å². The molecule has 1 aromatic carbocycles. The monoisotopic (exact) mass is 655 g/mol. The van der Waals surface area contributed by atoms with Crippen LogP contribution >= 0.6 is 27.7 Å². The van der Waals surface area contributed by atoms with E-state index in [4.69, 9.17) is 4.98 Å². The number of aromatic nitrogens is 2. The molecule has 3 aliphatic carbocycles. The molecule has 2 amide bonds. The first-order chi connectivity index (χ1) is 20.2. The number of halogens is 3. The van der Waals surface area contributed by atoms with E-state index in [2.05, 4.69) is 26.6 Å². The van der Waals surface area contributed by atoms with Gasteiger partial charge in [-0.2, -0.15) is 5.26 Å². The van der Waals surface area contributed by atoms with Crippen molar-refractivity contribution in [3.8, 4) is 6.07 Å². The average Bonchev–Trinajstić information content (AvgIpc) is 3.64. The summed E-state index contributed by atoms with van der Waals surface area (Å²) in [6.07, 6.45) is 4.36. The molecule has 0 unspecified atom stereocenters. The van der Waals surface area contributed by atoms with E-state index >= 15 is 8.78 Å². The van der Waals surface area contributed by atoms with Crippen molar-refractivity contribution < 1.29 is 23.5 Å². The molecule has 3 saturated heterocycles. The van der Waals surface area contributed by atoms with Crippen LogP contribution in [0, 0.1) is 29.0 Å². The molecule has 9 rings (SSSR count). The fourth-order valence-electron chi connectivity index (χ4n) is 7.97. The first kappa shape index (κ1) is 26.7. The Hall–Kier alpha value is -2.91. The highest BCUT2D eigenvalue weighted by atomic mass is 79.9. The summed E-state index contributed by atoms with van der Waals surface area (Å²) in [4.78, 5) is 33.7. The molecule has 1 N–H and O–H groups in total. The Morgan fingerprint density at radius 3 is 2.64 bits per heavy atom. The lowest BCUT2D eigenvalue weighted by atomic mass is 9.79. The van der Waals surface area contributed by atoms with E-state index in [9.17, 15) is 20.0 Å². The number of hydrogen-bond acceptors (Lipinski definition) is 5. The maximum Gasteiger partial charge on any atom is 0.407 e. The second-order valence-corrected chi connectivity index (χ2v) is 14.1. The number of rotatable bonds is 6. The van der Waals surface area contributed by atoms with Crippen molar-refractivity contribution in [3.05, 3.63) is 33.7 Å². The molecule has 3 aromatic rings. The van der Waals surface area contributed by atoms with Gasteiger partial charge in [-0.1, -0.05) is 0 Å². The van der Waals surface area contributed by atoms with Crippen LogP contribution in [0.5, 0.6) is 0 Å². The lowest BCUT2D eigenvalue weighted by Crippen LogP contribution is -2.44. The minimum atomic E-state index is -1.79. The lowest BCUT2D eigenvalue weighted by molar-refractivity contribution is -0.140. The molecule has 0 spiro atoms.